The van der Waals surface area contributed by atoms with Crippen molar-refractivity contribution in [2.75, 3.05) is 23.7 Å². The van der Waals surface area contributed by atoms with E-state index < -0.39 is 15.9 Å². The molecule has 30 heavy (non-hydrogen) atoms. The van der Waals surface area contributed by atoms with Crippen LogP contribution in [0.3, 0.4) is 0 Å². The van der Waals surface area contributed by atoms with Crippen molar-refractivity contribution in [3.8, 4) is 0 Å². The van der Waals surface area contributed by atoms with Crippen LogP contribution in [0.2, 0.25) is 5.02 Å². The molecule has 0 spiro atoms. The van der Waals surface area contributed by atoms with Crippen molar-refractivity contribution in [2.45, 2.75) is 25.9 Å². The van der Waals surface area contributed by atoms with Crippen LogP contribution in [0.15, 0.2) is 48.5 Å². The molecule has 0 radical (unpaired) electrons. The summed E-state index contributed by atoms with van der Waals surface area (Å²) in [7, 11) is -3.64. The number of hydrogen-bond donors (Lipinski definition) is 1. The second-order valence-corrected chi connectivity index (χ2v) is 9.60. The molecule has 1 aliphatic rings. The predicted octanol–water partition coefficient (Wildman–Crippen LogP) is 2.54. The van der Waals surface area contributed by atoms with Crippen LogP contribution in [0.4, 0.5) is 5.69 Å². The first kappa shape index (κ1) is 22.1. The maximum atomic E-state index is 12.4. The van der Waals surface area contributed by atoms with Crippen LogP contribution in [0, 0.1) is 0 Å². The Morgan fingerprint density at radius 1 is 1.17 bits per heavy atom. The Morgan fingerprint density at radius 2 is 1.87 bits per heavy atom. The Morgan fingerprint density at radius 3 is 2.50 bits per heavy atom. The van der Waals surface area contributed by atoms with Gasteiger partial charge in [-0.1, -0.05) is 35.9 Å². The molecule has 0 aromatic heterocycles. The second kappa shape index (κ2) is 9.49. The lowest BCUT2D eigenvalue weighted by Crippen LogP contribution is -2.40. The highest BCUT2D eigenvalue weighted by atomic mass is 35.5. The van der Waals surface area contributed by atoms with E-state index in [1.807, 2.05) is 29.2 Å². The highest BCUT2D eigenvalue weighted by Crippen LogP contribution is 2.20. The van der Waals surface area contributed by atoms with Crippen LogP contribution >= 0.6 is 11.6 Å². The second-order valence-electron chi connectivity index (χ2n) is 7.26. The van der Waals surface area contributed by atoms with Crippen LogP contribution in [-0.4, -0.2) is 44.5 Å². The molecule has 1 N–H and O–H groups in total. The van der Waals surface area contributed by atoms with Crippen molar-refractivity contribution in [2.24, 2.45) is 0 Å². The fourth-order valence-electron chi connectivity index (χ4n) is 3.32. The van der Waals surface area contributed by atoms with Gasteiger partial charge >= 0.3 is 0 Å². The molecule has 2 aromatic carbocycles. The summed E-state index contributed by atoms with van der Waals surface area (Å²) in [4.78, 5) is 26.1. The van der Waals surface area contributed by atoms with Gasteiger partial charge in [-0.25, -0.2) is 8.42 Å². The molecule has 3 rings (SSSR count). The van der Waals surface area contributed by atoms with E-state index in [-0.39, 0.29) is 19.0 Å². The number of likely N-dealkylation sites (tertiary alicyclic amines) is 1. The van der Waals surface area contributed by atoms with E-state index in [9.17, 15) is 18.0 Å². The summed E-state index contributed by atoms with van der Waals surface area (Å²) in [6.07, 6.45) is 2.54. The summed E-state index contributed by atoms with van der Waals surface area (Å²) in [6, 6.07) is 13.9. The van der Waals surface area contributed by atoms with E-state index in [1.165, 1.54) is 0 Å². The van der Waals surface area contributed by atoms with Crippen LogP contribution in [0.25, 0.3) is 0 Å². The highest BCUT2D eigenvalue weighted by molar-refractivity contribution is 7.92. The third-order valence-electron chi connectivity index (χ3n) is 4.83. The number of nitrogens with one attached hydrogen (secondary N) is 1. The molecule has 0 bridgehead atoms. The quantitative estimate of drug-likeness (QED) is 0.671. The highest BCUT2D eigenvalue weighted by Gasteiger charge is 2.21. The molecule has 0 unspecified atom stereocenters. The first-order valence-electron chi connectivity index (χ1n) is 9.58. The number of anilines is 1. The van der Waals surface area contributed by atoms with E-state index in [2.05, 4.69) is 5.32 Å². The number of amides is 2. The molecule has 0 aliphatic carbocycles. The summed E-state index contributed by atoms with van der Waals surface area (Å²) < 4.78 is 25.3. The van der Waals surface area contributed by atoms with Gasteiger partial charge in [-0.15, -0.1) is 0 Å². The van der Waals surface area contributed by atoms with Crippen LogP contribution in [0.5, 0.6) is 0 Å². The lowest BCUT2D eigenvalue weighted by atomic mass is 10.1. The Hall–Kier alpha value is -2.58. The summed E-state index contributed by atoms with van der Waals surface area (Å²) in [5, 5.41) is 3.24. The van der Waals surface area contributed by atoms with E-state index >= 15 is 0 Å². The van der Waals surface area contributed by atoms with Gasteiger partial charge in [0, 0.05) is 31.1 Å². The van der Waals surface area contributed by atoms with E-state index in [1.54, 1.807) is 24.3 Å². The maximum Gasteiger partial charge on any atom is 0.241 e. The van der Waals surface area contributed by atoms with Gasteiger partial charge in [0.05, 0.1) is 11.9 Å². The van der Waals surface area contributed by atoms with Gasteiger partial charge in [0.15, 0.2) is 0 Å². The molecule has 1 fully saturated rings. The van der Waals surface area contributed by atoms with Gasteiger partial charge in [-0.3, -0.25) is 13.9 Å². The molecule has 160 valence electrons. The van der Waals surface area contributed by atoms with Gasteiger partial charge in [0.2, 0.25) is 21.8 Å². The average Bonchev–Trinajstić information content (AvgIpc) is 3.09. The molecule has 1 heterocycles. The molecule has 2 aromatic rings. The number of hydrogen-bond acceptors (Lipinski definition) is 4. The minimum Gasteiger partial charge on any atom is -0.350 e. The molecule has 0 atom stereocenters. The Labute approximate surface area is 181 Å². The molecular formula is C21H24ClN3O4S. The van der Waals surface area contributed by atoms with Crippen molar-refractivity contribution in [3.05, 3.63) is 64.7 Å². The van der Waals surface area contributed by atoms with E-state index in [0.717, 1.165) is 34.7 Å². The number of nitrogens with zero attached hydrogens (tertiary/aromatic N) is 2. The van der Waals surface area contributed by atoms with Crippen molar-refractivity contribution < 1.29 is 18.0 Å². The first-order chi connectivity index (χ1) is 14.2. The fourth-order valence-corrected chi connectivity index (χ4v) is 4.31. The van der Waals surface area contributed by atoms with Crippen LogP contribution in [0.1, 0.15) is 24.0 Å². The molecule has 1 saturated heterocycles. The lowest BCUT2D eigenvalue weighted by molar-refractivity contribution is -0.128. The van der Waals surface area contributed by atoms with Gasteiger partial charge in [0.1, 0.15) is 6.54 Å². The standard InChI is InChI=1S/C21H24ClN3O4S/c1-30(28,29)25(19-9-7-18(22)8-10-19)15-20(26)23-13-16-4-2-5-17(12-16)14-24-11-3-6-21(24)27/h2,4-5,7-10,12H,3,6,11,13-15H2,1H3,(H,23,26). The number of carbonyl (C=O) groups is 2. The molecular weight excluding hydrogens is 426 g/mol. The largest absolute Gasteiger partial charge is 0.350 e. The zero-order chi connectivity index (χ0) is 21.7. The Bertz CT molecular complexity index is 1020. The summed E-state index contributed by atoms with van der Waals surface area (Å²) in [5.74, 6) is -0.257. The Kier molecular flexibility index (Phi) is 6.99. The first-order valence-corrected chi connectivity index (χ1v) is 11.8. The predicted molar refractivity (Wildman–Crippen MR) is 117 cm³/mol. The van der Waals surface area contributed by atoms with Crippen molar-refractivity contribution in [3.63, 3.8) is 0 Å². The van der Waals surface area contributed by atoms with E-state index in [0.29, 0.717) is 23.7 Å². The topological polar surface area (TPSA) is 86.8 Å². The van der Waals surface area contributed by atoms with Crippen molar-refractivity contribution in [1.29, 1.82) is 0 Å². The number of halogens is 1. The molecule has 1 aliphatic heterocycles. The molecule has 2 amide bonds. The van der Waals surface area contributed by atoms with Gasteiger partial charge < -0.3 is 10.2 Å². The number of carbonyl (C=O) groups excluding carboxylic acids is 2. The van der Waals surface area contributed by atoms with Gasteiger partial charge in [-0.2, -0.15) is 0 Å². The number of benzene rings is 2. The third-order valence-corrected chi connectivity index (χ3v) is 6.22. The minimum atomic E-state index is -3.64. The van der Waals surface area contributed by atoms with Gasteiger partial charge in [0.25, 0.3) is 0 Å². The monoisotopic (exact) mass is 449 g/mol. The SMILES string of the molecule is CS(=O)(=O)N(CC(=O)NCc1cccc(CN2CCCC2=O)c1)c1ccc(Cl)cc1. The normalized spacial score (nSPS) is 14.1. The minimum absolute atomic E-state index is 0.164. The zero-order valence-corrected chi connectivity index (χ0v) is 18.2. The Balaban J connectivity index is 1.61. The maximum absolute atomic E-state index is 12.4. The van der Waals surface area contributed by atoms with Crippen molar-refractivity contribution in [1.82, 2.24) is 10.2 Å². The lowest BCUT2D eigenvalue weighted by Gasteiger charge is -2.22. The van der Waals surface area contributed by atoms with Gasteiger partial charge in [-0.05, 0) is 41.8 Å². The smallest absolute Gasteiger partial charge is 0.241 e. The summed E-state index contributed by atoms with van der Waals surface area (Å²) >= 11 is 5.86. The van der Waals surface area contributed by atoms with Crippen LogP contribution in [-0.2, 0) is 32.7 Å². The number of sulfonamides is 1. The third kappa shape index (κ3) is 5.96. The van der Waals surface area contributed by atoms with Crippen LogP contribution < -0.4 is 9.62 Å². The molecule has 7 nitrogen and oxygen atoms in total. The number of rotatable bonds is 8. The zero-order valence-electron chi connectivity index (χ0n) is 16.7. The fraction of sp³-hybridized carbons (Fsp3) is 0.333. The van der Waals surface area contributed by atoms with Crippen molar-refractivity contribution >= 4 is 39.1 Å². The summed E-state index contributed by atoms with van der Waals surface area (Å²) in [5.41, 5.74) is 2.25. The van der Waals surface area contributed by atoms with E-state index in [4.69, 9.17) is 11.6 Å². The summed E-state index contributed by atoms with van der Waals surface area (Å²) in [6.45, 7) is 1.26. The average molecular weight is 450 g/mol. The molecule has 9 heteroatoms. The molecule has 0 saturated carbocycles.